The Kier molecular flexibility index (Phi) is 1.65. The number of phenolic OH excluding ortho intramolecular Hbond substituents is 1. The number of hydrogen-bond donors (Lipinski definition) is 1. The highest BCUT2D eigenvalue weighted by molar-refractivity contribution is 6.07. The minimum atomic E-state index is 0.193. The molecule has 0 heterocycles. The Labute approximate surface area is 87.6 Å². The molecule has 0 saturated heterocycles. The normalized spacial score (nSPS) is 10.9. The van der Waals surface area contributed by atoms with E-state index in [1.165, 1.54) is 5.39 Å². The number of hydrogen-bond acceptors (Lipinski definition) is 1. The van der Waals surface area contributed by atoms with Gasteiger partial charge in [-0.15, -0.1) is 0 Å². The smallest absolute Gasteiger partial charge is 0.124 e. The van der Waals surface area contributed by atoms with Crippen LogP contribution in [-0.4, -0.2) is 5.11 Å². The Hall–Kier alpha value is -2.02. The first-order valence-corrected chi connectivity index (χ1v) is 4.87. The van der Waals surface area contributed by atoms with E-state index < -0.39 is 0 Å². The summed E-state index contributed by atoms with van der Waals surface area (Å²) >= 11 is 0. The molecule has 0 saturated carbocycles. The lowest BCUT2D eigenvalue weighted by molar-refractivity contribution is 0.475. The molecule has 0 amide bonds. The third kappa shape index (κ3) is 1.24. The summed E-state index contributed by atoms with van der Waals surface area (Å²) in [5, 5.41) is 13.8. The van der Waals surface area contributed by atoms with Crippen molar-refractivity contribution in [2.45, 2.75) is 0 Å². The molecule has 0 spiro atoms. The van der Waals surface area contributed by atoms with Crippen molar-refractivity contribution < 1.29 is 5.11 Å². The molecule has 3 aromatic carbocycles. The fourth-order valence-corrected chi connectivity index (χ4v) is 1.91. The van der Waals surface area contributed by atoms with Gasteiger partial charge in [0.1, 0.15) is 5.75 Å². The molecule has 71 valence electrons. The molecule has 3 aromatic rings. The van der Waals surface area contributed by atoms with Gasteiger partial charge in [-0.25, -0.2) is 0 Å². The van der Waals surface area contributed by atoms with Crippen molar-refractivity contribution >= 4 is 21.5 Å². The van der Waals surface area contributed by atoms with Crippen LogP contribution in [0.25, 0.3) is 21.5 Å². The molecule has 0 aromatic heterocycles. The third-order valence-electron chi connectivity index (χ3n) is 2.64. The van der Waals surface area contributed by atoms with Gasteiger partial charge < -0.3 is 5.11 Å². The van der Waals surface area contributed by atoms with Crippen molar-refractivity contribution in [2.75, 3.05) is 0 Å². The summed E-state index contributed by atoms with van der Waals surface area (Å²) in [6.07, 6.45) is 0. The molecule has 0 fully saturated rings. The number of phenols is 1. The second kappa shape index (κ2) is 2.99. The molecule has 1 heteroatoms. The van der Waals surface area contributed by atoms with Crippen molar-refractivity contribution in [1.29, 1.82) is 0 Å². The Morgan fingerprint density at radius 1 is 0.800 bits per heavy atom. The van der Waals surface area contributed by atoms with Crippen LogP contribution in [0.15, 0.2) is 48.5 Å². The van der Waals surface area contributed by atoms with Crippen LogP contribution in [0.3, 0.4) is 0 Å². The second-order valence-electron chi connectivity index (χ2n) is 3.59. The molecule has 0 atom stereocenters. The van der Waals surface area contributed by atoms with Crippen molar-refractivity contribution in [2.24, 2.45) is 0 Å². The molecular weight excluding hydrogens is 184 g/mol. The zero-order valence-electron chi connectivity index (χ0n) is 8.07. The highest BCUT2D eigenvalue weighted by atomic mass is 16.3. The number of benzene rings is 3. The second-order valence-corrected chi connectivity index (χ2v) is 3.59. The summed E-state index contributed by atoms with van der Waals surface area (Å²) in [4.78, 5) is 0. The SMILES string of the molecule is Oc1[c]c2c(cc1)ccc1ccccc12. The summed E-state index contributed by atoms with van der Waals surface area (Å²) in [5.74, 6) is 0.193. The van der Waals surface area contributed by atoms with Crippen LogP contribution in [0.2, 0.25) is 0 Å². The van der Waals surface area contributed by atoms with Crippen LogP contribution in [0.5, 0.6) is 5.75 Å². The van der Waals surface area contributed by atoms with Crippen LogP contribution < -0.4 is 0 Å². The Morgan fingerprint density at radius 3 is 2.47 bits per heavy atom. The van der Waals surface area contributed by atoms with Crippen molar-refractivity contribution in [3.8, 4) is 5.75 Å². The van der Waals surface area contributed by atoms with E-state index in [9.17, 15) is 5.11 Å². The number of aromatic hydroxyl groups is 1. The fourth-order valence-electron chi connectivity index (χ4n) is 1.91. The van der Waals surface area contributed by atoms with E-state index in [-0.39, 0.29) is 5.75 Å². The lowest BCUT2D eigenvalue weighted by Crippen LogP contribution is -1.77. The maximum Gasteiger partial charge on any atom is 0.124 e. The number of fused-ring (bicyclic) bond motifs is 3. The fraction of sp³-hybridized carbons (Fsp3) is 0. The first-order valence-electron chi connectivity index (χ1n) is 4.87. The van der Waals surface area contributed by atoms with Gasteiger partial charge in [0, 0.05) is 11.5 Å². The van der Waals surface area contributed by atoms with E-state index >= 15 is 0 Å². The van der Waals surface area contributed by atoms with Crippen LogP contribution in [-0.2, 0) is 0 Å². The van der Waals surface area contributed by atoms with Crippen molar-refractivity contribution in [3.05, 3.63) is 54.6 Å². The average molecular weight is 193 g/mol. The first-order chi connectivity index (χ1) is 7.34. The molecule has 3 rings (SSSR count). The topological polar surface area (TPSA) is 20.2 Å². The van der Waals surface area contributed by atoms with Crippen LogP contribution in [0.4, 0.5) is 0 Å². The molecule has 1 N–H and O–H groups in total. The summed E-state index contributed by atoms with van der Waals surface area (Å²) < 4.78 is 0. The predicted octanol–water partition coefficient (Wildman–Crippen LogP) is 3.50. The van der Waals surface area contributed by atoms with Gasteiger partial charge in [-0.3, -0.25) is 0 Å². The van der Waals surface area contributed by atoms with E-state index in [1.807, 2.05) is 30.3 Å². The molecule has 0 unspecified atom stereocenters. The summed E-state index contributed by atoms with van der Waals surface area (Å²) in [6, 6.07) is 18.8. The van der Waals surface area contributed by atoms with Gasteiger partial charge >= 0.3 is 0 Å². The largest absolute Gasteiger partial charge is 0.507 e. The molecule has 0 aliphatic carbocycles. The number of rotatable bonds is 0. The molecule has 0 bridgehead atoms. The monoisotopic (exact) mass is 193 g/mol. The van der Waals surface area contributed by atoms with E-state index in [2.05, 4.69) is 18.2 Å². The van der Waals surface area contributed by atoms with Crippen molar-refractivity contribution in [1.82, 2.24) is 0 Å². The zero-order valence-corrected chi connectivity index (χ0v) is 8.07. The van der Waals surface area contributed by atoms with Gasteiger partial charge in [-0.2, -0.15) is 0 Å². The summed E-state index contributed by atoms with van der Waals surface area (Å²) in [7, 11) is 0. The molecule has 0 aliphatic rings. The standard InChI is InChI=1S/C14H9O/c15-12-8-7-11-6-5-10-3-1-2-4-13(10)14(11)9-12/h1-8,15H. The Bertz CT molecular complexity index is 641. The van der Waals surface area contributed by atoms with E-state index in [0.29, 0.717) is 0 Å². The van der Waals surface area contributed by atoms with Crippen molar-refractivity contribution in [3.63, 3.8) is 0 Å². The maximum absolute atomic E-state index is 9.43. The Morgan fingerprint density at radius 2 is 1.53 bits per heavy atom. The maximum atomic E-state index is 9.43. The van der Waals surface area contributed by atoms with Crippen LogP contribution in [0, 0.1) is 6.07 Å². The van der Waals surface area contributed by atoms with Gasteiger partial charge in [0.25, 0.3) is 0 Å². The zero-order chi connectivity index (χ0) is 10.3. The summed E-state index contributed by atoms with van der Waals surface area (Å²) in [6.45, 7) is 0. The molecule has 15 heavy (non-hydrogen) atoms. The minimum absolute atomic E-state index is 0.193. The van der Waals surface area contributed by atoms with Gasteiger partial charge in [-0.05, 0) is 22.2 Å². The highest BCUT2D eigenvalue weighted by Gasteiger charge is 2.00. The lowest BCUT2D eigenvalue weighted by atomic mass is 10.0. The molecule has 0 aliphatic heterocycles. The summed E-state index contributed by atoms with van der Waals surface area (Å²) in [5.41, 5.74) is 0. The lowest BCUT2D eigenvalue weighted by Gasteiger charge is -2.03. The van der Waals surface area contributed by atoms with Gasteiger partial charge in [0.2, 0.25) is 0 Å². The third-order valence-corrected chi connectivity index (χ3v) is 2.64. The van der Waals surface area contributed by atoms with Crippen LogP contribution in [0.1, 0.15) is 0 Å². The minimum Gasteiger partial charge on any atom is -0.507 e. The molecular formula is C14H9O. The predicted molar refractivity (Wildman–Crippen MR) is 62.0 cm³/mol. The van der Waals surface area contributed by atoms with E-state index in [4.69, 9.17) is 0 Å². The highest BCUT2D eigenvalue weighted by Crippen LogP contribution is 2.27. The van der Waals surface area contributed by atoms with Crippen LogP contribution >= 0.6 is 0 Å². The average Bonchev–Trinajstić information content (AvgIpc) is 2.29. The van der Waals surface area contributed by atoms with Gasteiger partial charge in [0.05, 0.1) is 0 Å². The van der Waals surface area contributed by atoms with E-state index in [1.54, 1.807) is 6.07 Å². The first kappa shape index (κ1) is 8.30. The van der Waals surface area contributed by atoms with Gasteiger partial charge in [0.15, 0.2) is 0 Å². The molecule has 1 nitrogen and oxygen atoms in total. The van der Waals surface area contributed by atoms with E-state index in [0.717, 1.165) is 16.2 Å². The molecule has 1 radical (unpaired) electrons. The van der Waals surface area contributed by atoms with Gasteiger partial charge in [-0.1, -0.05) is 42.5 Å². The quantitative estimate of drug-likeness (QED) is 0.542. The Balaban J connectivity index is 2.57.